The highest BCUT2D eigenvalue weighted by atomic mass is 32.2. The van der Waals surface area contributed by atoms with Gasteiger partial charge in [0.05, 0.1) is 24.2 Å². The van der Waals surface area contributed by atoms with Crippen LogP contribution in [-0.2, 0) is 27.8 Å². The number of carbonyl (C=O) groups excluding carboxylic acids is 1. The third-order valence-corrected chi connectivity index (χ3v) is 7.56. The molecule has 0 saturated heterocycles. The number of furan rings is 1. The molecule has 33 heavy (non-hydrogen) atoms. The molecule has 2 aromatic carbocycles. The quantitative estimate of drug-likeness (QED) is 0.413. The number of nitrogens with zero attached hydrogens (tertiary/aromatic N) is 2. The second-order valence-corrected chi connectivity index (χ2v) is 9.78. The highest BCUT2D eigenvalue weighted by Crippen LogP contribution is 2.21. The van der Waals surface area contributed by atoms with Crippen molar-refractivity contribution in [1.82, 2.24) is 9.21 Å². The maximum Gasteiger partial charge on any atom is 0.243 e. The van der Waals surface area contributed by atoms with E-state index >= 15 is 0 Å². The first-order valence-electron chi connectivity index (χ1n) is 10.9. The van der Waals surface area contributed by atoms with Crippen molar-refractivity contribution in [2.75, 3.05) is 13.1 Å². The maximum absolute atomic E-state index is 13.4. The van der Waals surface area contributed by atoms with Crippen molar-refractivity contribution in [2.24, 2.45) is 0 Å². The Kier molecular flexibility index (Phi) is 8.41. The SMILES string of the molecule is CCC(C)N(CC(=O)N(CCc1ccccc1)Cc1ccco1)S(=O)(=O)c1ccc(F)cc1. The molecule has 1 atom stereocenters. The van der Waals surface area contributed by atoms with Crippen molar-refractivity contribution in [3.63, 3.8) is 0 Å². The fourth-order valence-electron chi connectivity index (χ4n) is 3.45. The van der Waals surface area contributed by atoms with Crippen molar-refractivity contribution < 1.29 is 22.0 Å². The Labute approximate surface area is 194 Å². The molecule has 3 rings (SSSR count). The van der Waals surface area contributed by atoms with Crippen LogP contribution in [0.15, 0.2) is 82.3 Å². The highest BCUT2D eigenvalue weighted by molar-refractivity contribution is 7.89. The fraction of sp³-hybridized carbons (Fsp3) is 0.320. The summed E-state index contributed by atoms with van der Waals surface area (Å²) in [7, 11) is -3.99. The molecule has 6 nitrogen and oxygen atoms in total. The van der Waals surface area contributed by atoms with Gasteiger partial charge in [0.25, 0.3) is 0 Å². The van der Waals surface area contributed by atoms with Crippen LogP contribution in [0.1, 0.15) is 31.6 Å². The second-order valence-electron chi connectivity index (χ2n) is 7.89. The van der Waals surface area contributed by atoms with E-state index in [0.29, 0.717) is 25.1 Å². The second kappa shape index (κ2) is 11.2. The Morgan fingerprint density at radius 1 is 1.03 bits per heavy atom. The molecule has 0 saturated carbocycles. The minimum Gasteiger partial charge on any atom is -0.467 e. The summed E-state index contributed by atoms with van der Waals surface area (Å²) in [5.74, 6) is -0.230. The zero-order chi connectivity index (χ0) is 23.8. The first-order valence-corrected chi connectivity index (χ1v) is 12.4. The van der Waals surface area contributed by atoms with Crippen LogP contribution in [0.5, 0.6) is 0 Å². The van der Waals surface area contributed by atoms with Crippen LogP contribution >= 0.6 is 0 Å². The van der Waals surface area contributed by atoms with Crippen molar-refractivity contribution in [3.05, 3.63) is 90.1 Å². The molecular formula is C25H29FN2O4S. The largest absolute Gasteiger partial charge is 0.467 e. The van der Waals surface area contributed by atoms with E-state index in [1.807, 2.05) is 37.3 Å². The third-order valence-electron chi connectivity index (χ3n) is 5.59. The van der Waals surface area contributed by atoms with Gasteiger partial charge in [0, 0.05) is 12.6 Å². The van der Waals surface area contributed by atoms with Gasteiger partial charge < -0.3 is 9.32 Å². The molecule has 176 valence electrons. The lowest BCUT2D eigenvalue weighted by molar-refractivity contribution is -0.132. The van der Waals surface area contributed by atoms with Crippen LogP contribution in [0.2, 0.25) is 0 Å². The predicted molar refractivity (Wildman–Crippen MR) is 124 cm³/mol. The van der Waals surface area contributed by atoms with Gasteiger partial charge in [-0.3, -0.25) is 4.79 Å². The molecule has 0 fully saturated rings. The monoisotopic (exact) mass is 472 g/mol. The van der Waals surface area contributed by atoms with Crippen molar-refractivity contribution in [2.45, 2.75) is 44.2 Å². The number of benzene rings is 2. The fourth-order valence-corrected chi connectivity index (χ4v) is 5.10. The average Bonchev–Trinajstić information content (AvgIpc) is 3.33. The van der Waals surface area contributed by atoms with Crippen LogP contribution in [0.25, 0.3) is 0 Å². The molecule has 1 heterocycles. The molecule has 0 radical (unpaired) electrons. The number of amides is 1. The lowest BCUT2D eigenvalue weighted by atomic mass is 10.1. The van der Waals surface area contributed by atoms with E-state index in [-0.39, 0.29) is 23.9 Å². The molecule has 0 aliphatic carbocycles. The summed E-state index contributed by atoms with van der Waals surface area (Å²) in [5, 5.41) is 0. The Hall–Kier alpha value is -2.97. The molecule has 0 aliphatic rings. The number of rotatable bonds is 11. The Morgan fingerprint density at radius 3 is 2.33 bits per heavy atom. The standard InChI is InChI=1S/C25H29FN2O4S/c1-3-20(2)28(33(30,31)24-13-11-22(26)12-14-24)19-25(29)27(18-23-10-7-17-32-23)16-15-21-8-5-4-6-9-21/h4-14,17,20H,3,15-16,18-19H2,1-2H3. The van der Waals surface area contributed by atoms with Crippen LogP contribution in [0.4, 0.5) is 4.39 Å². The Morgan fingerprint density at radius 2 is 1.73 bits per heavy atom. The summed E-state index contributed by atoms with van der Waals surface area (Å²) >= 11 is 0. The summed E-state index contributed by atoms with van der Waals surface area (Å²) in [5.41, 5.74) is 1.08. The van der Waals surface area contributed by atoms with Crippen molar-refractivity contribution in [3.8, 4) is 0 Å². The van der Waals surface area contributed by atoms with Gasteiger partial charge in [-0.1, -0.05) is 37.3 Å². The highest BCUT2D eigenvalue weighted by Gasteiger charge is 2.32. The van der Waals surface area contributed by atoms with Crippen molar-refractivity contribution in [1.29, 1.82) is 0 Å². The molecule has 0 N–H and O–H groups in total. The van der Waals surface area contributed by atoms with Gasteiger partial charge in [-0.05, 0) is 61.7 Å². The van der Waals surface area contributed by atoms with Crippen LogP contribution < -0.4 is 0 Å². The van der Waals surface area contributed by atoms with Crippen molar-refractivity contribution >= 4 is 15.9 Å². The Balaban J connectivity index is 1.83. The molecule has 1 unspecified atom stereocenters. The van der Waals surface area contributed by atoms with Gasteiger partial charge in [-0.25, -0.2) is 12.8 Å². The molecule has 1 aromatic heterocycles. The average molecular weight is 473 g/mol. The molecule has 0 aliphatic heterocycles. The first kappa shape index (κ1) is 24.7. The zero-order valence-electron chi connectivity index (χ0n) is 18.9. The number of hydrogen-bond donors (Lipinski definition) is 0. The van der Waals surface area contributed by atoms with E-state index in [4.69, 9.17) is 4.42 Å². The molecule has 3 aromatic rings. The number of hydrogen-bond acceptors (Lipinski definition) is 4. The normalized spacial score (nSPS) is 12.6. The lowest BCUT2D eigenvalue weighted by Gasteiger charge is -2.30. The molecule has 0 spiro atoms. The predicted octanol–water partition coefficient (Wildman–Crippen LogP) is 4.48. The molecule has 0 bridgehead atoms. The molecule has 1 amide bonds. The van der Waals surface area contributed by atoms with E-state index in [1.54, 1.807) is 30.2 Å². The van der Waals surface area contributed by atoms with E-state index in [1.165, 1.54) is 16.4 Å². The van der Waals surface area contributed by atoms with Gasteiger partial charge >= 0.3 is 0 Å². The summed E-state index contributed by atoms with van der Waals surface area (Å²) < 4.78 is 46.6. The van der Waals surface area contributed by atoms with Crippen LogP contribution in [0, 0.1) is 5.82 Å². The summed E-state index contributed by atoms with van der Waals surface area (Å²) in [4.78, 5) is 14.9. The molecular weight excluding hydrogens is 443 g/mol. The van der Waals surface area contributed by atoms with E-state index in [0.717, 1.165) is 17.7 Å². The van der Waals surface area contributed by atoms with Crippen LogP contribution in [-0.4, -0.2) is 42.7 Å². The Bertz CT molecular complexity index is 1120. The number of sulfonamides is 1. The lowest BCUT2D eigenvalue weighted by Crippen LogP contribution is -2.46. The summed E-state index contributed by atoms with van der Waals surface area (Å²) in [6, 6.07) is 17.6. The van der Waals surface area contributed by atoms with E-state index in [2.05, 4.69) is 0 Å². The summed E-state index contributed by atoms with van der Waals surface area (Å²) in [6.07, 6.45) is 2.69. The smallest absolute Gasteiger partial charge is 0.243 e. The van der Waals surface area contributed by atoms with Gasteiger partial charge in [0.1, 0.15) is 11.6 Å². The van der Waals surface area contributed by atoms with E-state index in [9.17, 15) is 17.6 Å². The van der Waals surface area contributed by atoms with E-state index < -0.39 is 21.9 Å². The maximum atomic E-state index is 13.4. The minimum atomic E-state index is -3.99. The van der Waals surface area contributed by atoms with Gasteiger partial charge in [0.2, 0.25) is 15.9 Å². The third kappa shape index (κ3) is 6.52. The molecule has 8 heteroatoms. The van der Waals surface area contributed by atoms with Gasteiger partial charge in [-0.2, -0.15) is 4.31 Å². The topological polar surface area (TPSA) is 70.8 Å². The van der Waals surface area contributed by atoms with Gasteiger partial charge in [0.15, 0.2) is 0 Å². The van der Waals surface area contributed by atoms with Crippen LogP contribution in [0.3, 0.4) is 0 Å². The summed E-state index contributed by atoms with van der Waals surface area (Å²) in [6.45, 7) is 3.95. The minimum absolute atomic E-state index is 0.0427. The number of halogens is 1. The first-order chi connectivity index (χ1) is 15.8. The number of carbonyl (C=O) groups is 1. The van der Waals surface area contributed by atoms with Gasteiger partial charge in [-0.15, -0.1) is 0 Å². The zero-order valence-corrected chi connectivity index (χ0v) is 19.7.